The molecular formula is C12H17FO. The molecular weight excluding hydrogens is 179 g/mol. The molecule has 0 aliphatic heterocycles. The lowest BCUT2D eigenvalue weighted by molar-refractivity contribution is -0.00313. The molecule has 2 heteroatoms. The molecule has 1 nitrogen and oxygen atoms in total. The summed E-state index contributed by atoms with van der Waals surface area (Å²) in [5.41, 5.74) is -0.700. The standard InChI is InChI=1S/C12H17FO/c1-4-9(2)12(3,14)10-7-5-6-8-11(10)13/h5-9,14H,4H2,1-3H3. The van der Waals surface area contributed by atoms with Crippen LogP contribution in [0.4, 0.5) is 4.39 Å². The summed E-state index contributed by atoms with van der Waals surface area (Å²) in [5, 5.41) is 10.2. The third-order valence-corrected chi connectivity index (χ3v) is 2.99. The molecule has 1 rings (SSSR count). The van der Waals surface area contributed by atoms with Crippen LogP contribution in [0.1, 0.15) is 32.8 Å². The van der Waals surface area contributed by atoms with Crippen molar-refractivity contribution in [1.82, 2.24) is 0 Å². The third-order valence-electron chi connectivity index (χ3n) is 2.99. The molecule has 0 saturated heterocycles. The van der Waals surface area contributed by atoms with Crippen LogP contribution in [0.2, 0.25) is 0 Å². The van der Waals surface area contributed by atoms with Crippen LogP contribution in [0.25, 0.3) is 0 Å². The molecule has 0 spiro atoms. The van der Waals surface area contributed by atoms with Crippen LogP contribution < -0.4 is 0 Å². The van der Waals surface area contributed by atoms with Gasteiger partial charge in [0, 0.05) is 5.56 Å². The highest BCUT2D eigenvalue weighted by molar-refractivity contribution is 5.24. The molecule has 0 saturated carbocycles. The van der Waals surface area contributed by atoms with E-state index in [2.05, 4.69) is 0 Å². The van der Waals surface area contributed by atoms with Gasteiger partial charge in [0.05, 0.1) is 5.60 Å². The number of benzene rings is 1. The Bertz CT molecular complexity index is 307. The summed E-state index contributed by atoms with van der Waals surface area (Å²) in [4.78, 5) is 0. The average molecular weight is 196 g/mol. The van der Waals surface area contributed by atoms with E-state index in [1.807, 2.05) is 13.8 Å². The van der Waals surface area contributed by atoms with E-state index in [1.165, 1.54) is 6.07 Å². The second-order valence-electron chi connectivity index (χ2n) is 3.94. The van der Waals surface area contributed by atoms with E-state index in [1.54, 1.807) is 25.1 Å². The van der Waals surface area contributed by atoms with Gasteiger partial charge in [0.15, 0.2) is 0 Å². The fourth-order valence-electron chi connectivity index (χ4n) is 1.53. The molecule has 1 aromatic rings. The first-order valence-corrected chi connectivity index (χ1v) is 4.97. The summed E-state index contributed by atoms with van der Waals surface area (Å²) in [6.07, 6.45) is 0.821. The zero-order chi connectivity index (χ0) is 10.8. The highest BCUT2D eigenvalue weighted by atomic mass is 19.1. The van der Waals surface area contributed by atoms with Crippen molar-refractivity contribution in [1.29, 1.82) is 0 Å². The first-order chi connectivity index (χ1) is 6.50. The Kier molecular flexibility index (Phi) is 3.27. The number of hydrogen-bond acceptors (Lipinski definition) is 1. The third kappa shape index (κ3) is 1.95. The highest BCUT2D eigenvalue weighted by Crippen LogP contribution is 2.32. The first-order valence-electron chi connectivity index (χ1n) is 4.97. The van der Waals surface area contributed by atoms with Crippen LogP contribution in [0, 0.1) is 11.7 Å². The summed E-state index contributed by atoms with van der Waals surface area (Å²) in [6, 6.07) is 6.40. The minimum atomic E-state index is -1.08. The molecule has 0 bridgehead atoms. The summed E-state index contributed by atoms with van der Waals surface area (Å²) in [6.45, 7) is 5.58. The largest absolute Gasteiger partial charge is 0.385 e. The first kappa shape index (κ1) is 11.2. The van der Waals surface area contributed by atoms with Crippen molar-refractivity contribution in [2.24, 2.45) is 5.92 Å². The van der Waals surface area contributed by atoms with Gasteiger partial charge >= 0.3 is 0 Å². The Morgan fingerprint density at radius 2 is 2.00 bits per heavy atom. The van der Waals surface area contributed by atoms with Crippen LogP contribution >= 0.6 is 0 Å². The van der Waals surface area contributed by atoms with Gasteiger partial charge in [-0.15, -0.1) is 0 Å². The molecule has 1 aromatic carbocycles. The van der Waals surface area contributed by atoms with Gasteiger partial charge in [0.25, 0.3) is 0 Å². The predicted molar refractivity (Wildman–Crippen MR) is 55.4 cm³/mol. The Hall–Kier alpha value is -0.890. The quantitative estimate of drug-likeness (QED) is 0.787. The van der Waals surface area contributed by atoms with Crippen LogP contribution in [0.3, 0.4) is 0 Å². The molecule has 0 heterocycles. The maximum Gasteiger partial charge on any atom is 0.129 e. The van der Waals surface area contributed by atoms with Crippen LogP contribution in [-0.4, -0.2) is 5.11 Å². The Balaban J connectivity index is 3.09. The van der Waals surface area contributed by atoms with E-state index in [9.17, 15) is 9.50 Å². The highest BCUT2D eigenvalue weighted by Gasteiger charge is 2.31. The fourth-order valence-corrected chi connectivity index (χ4v) is 1.53. The molecule has 14 heavy (non-hydrogen) atoms. The zero-order valence-corrected chi connectivity index (χ0v) is 8.92. The van der Waals surface area contributed by atoms with Gasteiger partial charge in [-0.25, -0.2) is 4.39 Å². The van der Waals surface area contributed by atoms with Gasteiger partial charge < -0.3 is 5.11 Å². The average Bonchev–Trinajstić information content (AvgIpc) is 2.17. The minimum Gasteiger partial charge on any atom is -0.385 e. The van der Waals surface area contributed by atoms with Gasteiger partial charge in [-0.05, 0) is 18.9 Å². The van der Waals surface area contributed by atoms with Gasteiger partial charge in [0.1, 0.15) is 5.82 Å². The molecule has 78 valence electrons. The van der Waals surface area contributed by atoms with Crippen molar-refractivity contribution < 1.29 is 9.50 Å². The van der Waals surface area contributed by atoms with E-state index < -0.39 is 5.60 Å². The molecule has 1 N–H and O–H groups in total. The van der Waals surface area contributed by atoms with Crippen molar-refractivity contribution in [2.45, 2.75) is 32.8 Å². The molecule has 0 aliphatic rings. The van der Waals surface area contributed by atoms with Gasteiger partial charge in [-0.1, -0.05) is 38.5 Å². The van der Waals surface area contributed by atoms with Gasteiger partial charge in [-0.3, -0.25) is 0 Å². The summed E-state index contributed by atoms with van der Waals surface area (Å²) in [5.74, 6) is -0.294. The van der Waals surface area contributed by atoms with Crippen LogP contribution in [0.5, 0.6) is 0 Å². The Labute approximate surface area is 84.6 Å². The lowest BCUT2D eigenvalue weighted by Crippen LogP contribution is -2.30. The lowest BCUT2D eigenvalue weighted by Gasteiger charge is -2.30. The zero-order valence-electron chi connectivity index (χ0n) is 8.92. The second kappa shape index (κ2) is 4.09. The number of halogens is 1. The van der Waals surface area contributed by atoms with Crippen molar-refractivity contribution >= 4 is 0 Å². The molecule has 0 aromatic heterocycles. The Morgan fingerprint density at radius 1 is 1.43 bits per heavy atom. The molecule has 0 fully saturated rings. The molecule has 0 aliphatic carbocycles. The van der Waals surface area contributed by atoms with E-state index in [4.69, 9.17) is 0 Å². The van der Waals surface area contributed by atoms with Crippen LogP contribution in [0.15, 0.2) is 24.3 Å². The van der Waals surface area contributed by atoms with Crippen molar-refractivity contribution in [3.63, 3.8) is 0 Å². The van der Waals surface area contributed by atoms with Crippen molar-refractivity contribution in [3.8, 4) is 0 Å². The van der Waals surface area contributed by atoms with Gasteiger partial charge in [0.2, 0.25) is 0 Å². The predicted octanol–water partition coefficient (Wildman–Crippen LogP) is 3.08. The van der Waals surface area contributed by atoms with Crippen molar-refractivity contribution in [2.75, 3.05) is 0 Å². The molecule has 0 amide bonds. The normalized spacial score (nSPS) is 17.5. The van der Waals surface area contributed by atoms with Crippen LogP contribution in [-0.2, 0) is 5.60 Å². The second-order valence-corrected chi connectivity index (χ2v) is 3.94. The number of rotatable bonds is 3. The maximum atomic E-state index is 13.4. The topological polar surface area (TPSA) is 20.2 Å². The summed E-state index contributed by atoms with van der Waals surface area (Å²) in [7, 11) is 0. The number of aliphatic hydroxyl groups is 1. The molecule has 0 radical (unpaired) electrons. The minimum absolute atomic E-state index is 0.0411. The lowest BCUT2D eigenvalue weighted by atomic mass is 9.82. The SMILES string of the molecule is CCC(C)C(C)(O)c1ccccc1F. The fraction of sp³-hybridized carbons (Fsp3) is 0.500. The summed E-state index contributed by atoms with van der Waals surface area (Å²) >= 11 is 0. The van der Waals surface area contributed by atoms with Crippen molar-refractivity contribution in [3.05, 3.63) is 35.6 Å². The van der Waals surface area contributed by atoms with E-state index >= 15 is 0 Å². The maximum absolute atomic E-state index is 13.4. The van der Waals surface area contributed by atoms with Gasteiger partial charge in [-0.2, -0.15) is 0 Å². The van der Waals surface area contributed by atoms with E-state index in [0.29, 0.717) is 5.56 Å². The molecule has 2 unspecified atom stereocenters. The summed E-state index contributed by atoms with van der Waals surface area (Å²) < 4.78 is 13.4. The smallest absolute Gasteiger partial charge is 0.129 e. The number of hydrogen-bond donors (Lipinski definition) is 1. The molecule has 2 atom stereocenters. The van der Waals surface area contributed by atoms with E-state index in [-0.39, 0.29) is 11.7 Å². The van der Waals surface area contributed by atoms with E-state index in [0.717, 1.165) is 6.42 Å². The Morgan fingerprint density at radius 3 is 2.50 bits per heavy atom. The monoisotopic (exact) mass is 196 g/mol.